The average molecular weight is 389 g/mol. The van der Waals surface area contributed by atoms with Gasteiger partial charge in [0.25, 0.3) is 11.6 Å². The molecule has 0 aromatic heterocycles. The van der Waals surface area contributed by atoms with E-state index in [0.29, 0.717) is 38.8 Å². The summed E-state index contributed by atoms with van der Waals surface area (Å²) in [6.07, 6.45) is -3.79. The van der Waals surface area contributed by atoms with Gasteiger partial charge in [0.15, 0.2) is 6.54 Å². The maximum atomic E-state index is 12.8. The SMILES string of the molecule is CC[C@@H](C)NC(=O)C[NH+]1CCN(c2ccc(C(F)(F)F)cc2[N+](=O)[O-])CC1. The van der Waals surface area contributed by atoms with Crippen molar-refractivity contribution in [1.82, 2.24) is 5.32 Å². The molecule has 0 spiro atoms. The minimum atomic E-state index is -4.63. The van der Waals surface area contributed by atoms with Crippen LogP contribution in [0.5, 0.6) is 0 Å². The maximum Gasteiger partial charge on any atom is 0.416 e. The number of hydrogen-bond acceptors (Lipinski definition) is 4. The van der Waals surface area contributed by atoms with Gasteiger partial charge in [0.1, 0.15) is 5.69 Å². The Hall–Kier alpha value is -2.36. The van der Waals surface area contributed by atoms with Gasteiger partial charge in [-0.05, 0) is 25.5 Å². The van der Waals surface area contributed by atoms with E-state index in [-0.39, 0.29) is 17.6 Å². The molecule has 27 heavy (non-hydrogen) atoms. The molecule has 0 saturated carbocycles. The molecule has 1 aliphatic rings. The van der Waals surface area contributed by atoms with E-state index in [0.717, 1.165) is 23.5 Å². The highest BCUT2D eigenvalue weighted by Gasteiger charge is 2.34. The number of hydrogen-bond donors (Lipinski definition) is 2. The minimum Gasteiger partial charge on any atom is -0.355 e. The van der Waals surface area contributed by atoms with Crippen LogP contribution in [0.4, 0.5) is 24.5 Å². The molecule has 7 nitrogen and oxygen atoms in total. The van der Waals surface area contributed by atoms with Crippen molar-refractivity contribution in [3.8, 4) is 0 Å². The van der Waals surface area contributed by atoms with Crippen LogP contribution in [0.15, 0.2) is 18.2 Å². The highest BCUT2D eigenvalue weighted by molar-refractivity contribution is 5.77. The molecule has 2 rings (SSSR count). The number of nitro groups is 1. The smallest absolute Gasteiger partial charge is 0.355 e. The van der Waals surface area contributed by atoms with Gasteiger partial charge in [0, 0.05) is 12.1 Å². The number of rotatable bonds is 6. The first-order valence-electron chi connectivity index (χ1n) is 8.85. The molecular weight excluding hydrogens is 365 g/mol. The molecule has 1 saturated heterocycles. The van der Waals surface area contributed by atoms with Crippen LogP contribution in [0, 0.1) is 10.1 Å². The fourth-order valence-corrected chi connectivity index (χ4v) is 3.01. The molecule has 150 valence electrons. The molecule has 1 aliphatic heterocycles. The Morgan fingerprint density at radius 2 is 2.00 bits per heavy atom. The summed E-state index contributed by atoms with van der Waals surface area (Å²) in [5.41, 5.74) is -1.41. The number of nitrogens with one attached hydrogen (secondary N) is 2. The zero-order valence-corrected chi connectivity index (χ0v) is 15.3. The summed E-state index contributed by atoms with van der Waals surface area (Å²) in [7, 11) is 0. The van der Waals surface area contributed by atoms with Gasteiger partial charge in [-0.15, -0.1) is 0 Å². The number of halogens is 3. The van der Waals surface area contributed by atoms with Crippen molar-refractivity contribution in [2.24, 2.45) is 0 Å². The second kappa shape index (κ2) is 8.55. The number of anilines is 1. The van der Waals surface area contributed by atoms with Gasteiger partial charge in [0.2, 0.25) is 0 Å². The Morgan fingerprint density at radius 1 is 1.37 bits per heavy atom. The van der Waals surface area contributed by atoms with Crippen LogP contribution >= 0.6 is 0 Å². The molecule has 1 aromatic rings. The van der Waals surface area contributed by atoms with Gasteiger partial charge in [-0.25, -0.2) is 0 Å². The number of benzene rings is 1. The number of piperazine rings is 1. The van der Waals surface area contributed by atoms with Gasteiger partial charge in [0.05, 0.1) is 36.7 Å². The first-order valence-corrected chi connectivity index (χ1v) is 8.85. The Kier molecular flexibility index (Phi) is 6.63. The molecule has 1 fully saturated rings. The molecule has 0 bridgehead atoms. The van der Waals surface area contributed by atoms with E-state index >= 15 is 0 Å². The van der Waals surface area contributed by atoms with Crippen LogP contribution in [0.2, 0.25) is 0 Å². The van der Waals surface area contributed by atoms with Gasteiger partial charge in [-0.3, -0.25) is 14.9 Å². The van der Waals surface area contributed by atoms with Crippen LogP contribution < -0.4 is 15.1 Å². The molecular formula is C17H24F3N4O3+. The van der Waals surface area contributed by atoms with Crippen LogP contribution in [0.1, 0.15) is 25.8 Å². The maximum absolute atomic E-state index is 12.8. The normalized spacial score (nSPS) is 16.9. The lowest BCUT2D eigenvalue weighted by Gasteiger charge is -2.33. The van der Waals surface area contributed by atoms with E-state index in [2.05, 4.69) is 5.32 Å². The molecule has 1 atom stereocenters. The molecule has 1 heterocycles. The Balaban J connectivity index is 2.03. The lowest BCUT2D eigenvalue weighted by molar-refractivity contribution is -0.892. The van der Waals surface area contributed by atoms with E-state index in [1.165, 1.54) is 0 Å². The first-order chi connectivity index (χ1) is 12.6. The van der Waals surface area contributed by atoms with E-state index in [9.17, 15) is 28.1 Å². The highest BCUT2D eigenvalue weighted by atomic mass is 19.4. The summed E-state index contributed by atoms with van der Waals surface area (Å²) >= 11 is 0. The summed E-state index contributed by atoms with van der Waals surface area (Å²) in [4.78, 5) is 25.2. The largest absolute Gasteiger partial charge is 0.416 e. The average Bonchev–Trinajstić information content (AvgIpc) is 2.60. The molecule has 0 radical (unpaired) electrons. The van der Waals surface area contributed by atoms with Gasteiger partial charge >= 0.3 is 6.18 Å². The van der Waals surface area contributed by atoms with Crippen molar-refractivity contribution in [3.05, 3.63) is 33.9 Å². The number of quaternary nitrogens is 1. The first kappa shape index (κ1) is 20.9. The Bertz CT molecular complexity index is 688. The van der Waals surface area contributed by atoms with E-state index in [1.807, 2.05) is 13.8 Å². The predicted molar refractivity (Wildman–Crippen MR) is 93.8 cm³/mol. The number of alkyl halides is 3. The lowest BCUT2D eigenvalue weighted by Crippen LogP contribution is -3.16. The van der Waals surface area contributed by atoms with Gasteiger partial charge < -0.3 is 15.1 Å². The summed E-state index contributed by atoms with van der Waals surface area (Å²) in [6.45, 7) is 6.23. The molecule has 0 aliphatic carbocycles. The molecule has 1 amide bonds. The third kappa shape index (κ3) is 5.56. The van der Waals surface area contributed by atoms with Crippen molar-refractivity contribution < 1.29 is 27.8 Å². The fourth-order valence-electron chi connectivity index (χ4n) is 3.01. The number of nitrogens with zero attached hydrogens (tertiary/aromatic N) is 2. The predicted octanol–water partition coefficient (Wildman–Crippen LogP) is 1.23. The monoisotopic (exact) mass is 389 g/mol. The fraction of sp³-hybridized carbons (Fsp3) is 0.588. The van der Waals surface area contributed by atoms with Crippen LogP contribution in [0.25, 0.3) is 0 Å². The van der Waals surface area contributed by atoms with Crippen molar-refractivity contribution in [2.75, 3.05) is 37.6 Å². The number of nitro benzene ring substituents is 1. The minimum absolute atomic E-state index is 0.0479. The Labute approximate surface area is 155 Å². The topological polar surface area (TPSA) is 79.9 Å². The van der Waals surface area contributed by atoms with Gasteiger partial charge in [-0.1, -0.05) is 6.92 Å². The van der Waals surface area contributed by atoms with E-state index in [1.54, 1.807) is 4.90 Å². The second-order valence-electron chi connectivity index (χ2n) is 6.75. The van der Waals surface area contributed by atoms with Gasteiger partial charge in [-0.2, -0.15) is 13.2 Å². The molecule has 0 unspecified atom stereocenters. The van der Waals surface area contributed by atoms with Crippen molar-refractivity contribution in [1.29, 1.82) is 0 Å². The second-order valence-corrected chi connectivity index (χ2v) is 6.75. The van der Waals surface area contributed by atoms with E-state index in [4.69, 9.17) is 0 Å². The summed E-state index contributed by atoms with van der Waals surface area (Å²) in [6, 6.07) is 2.70. The number of carbonyl (C=O) groups is 1. The van der Waals surface area contributed by atoms with E-state index < -0.39 is 22.4 Å². The number of amides is 1. The molecule has 10 heteroatoms. The zero-order valence-electron chi connectivity index (χ0n) is 15.3. The standard InChI is InChI=1S/C17H23F3N4O3/c1-3-12(2)21-16(25)11-22-6-8-23(9-7-22)14-5-4-13(17(18,19)20)10-15(14)24(26)27/h4-5,10,12H,3,6-9,11H2,1-2H3,(H,21,25)/p+1/t12-/m1/s1. The summed E-state index contributed by atoms with van der Waals surface area (Å²) < 4.78 is 38.4. The summed E-state index contributed by atoms with van der Waals surface area (Å²) in [5.74, 6) is -0.0479. The zero-order chi connectivity index (χ0) is 20.2. The third-order valence-electron chi connectivity index (χ3n) is 4.74. The van der Waals surface area contributed by atoms with Crippen LogP contribution in [-0.2, 0) is 11.0 Å². The Morgan fingerprint density at radius 3 is 2.52 bits per heavy atom. The molecule has 1 aromatic carbocycles. The summed E-state index contributed by atoms with van der Waals surface area (Å²) in [5, 5.41) is 14.1. The van der Waals surface area contributed by atoms with Crippen molar-refractivity contribution in [2.45, 2.75) is 32.5 Å². The van der Waals surface area contributed by atoms with Crippen molar-refractivity contribution in [3.63, 3.8) is 0 Å². The van der Waals surface area contributed by atoms with Crippen LogP contribution in [-0.4, -0.2) is 49.6 Å². The van der Waals surface area contributed by atoms with Crippen molar-refractivity contribution >= 4 is 17.3 Å². The third-order valence-corrected chi connectivity index (χ3v) is 4.74. The van der Waals surface area contributed by atoms with Crippen LogP contribution in [0.3, 0.4) is 0 Å². The molecule has 2 N–H and O–H groups in total. The number of carbonyl (C=O) groups excluding carboxylic acids is 1. The highest BCUT2D eigenvalue weighted by Crippen LogP contribution is 2.36. The quantitative estimate of drug-likeness (QED) is 0.567. The lowest BCUT2D eigenvalue weighted by atomic mass is 10.1.